The third-order valence-electron chi connectivity index (χ3n) is 6.29. The highest BCUT2D eigenvalue weighted by Gasteiger charge is 2.37. The Morgan fingerprint density at radius 1 is 1.03 bits per heavy atom. The molecule has 5 nitrogen and oxygen atoms in total. The highest BCUT2D eigenvalue weighted by atomic mass is 32.2. The van der Waals surface area contributed by atoms with E-state index in [1.54, 1.807) is 17.8 Å². The Morgan fingerprint density at radius 3 is 2.69 bits per heavy atom. The molecule has 2 heterocycles. The zero-order valence-electron chi connectivity index (χ0n) is 19.4. The number of para-hydroxylation sites is 2. The highest BCUT2D eigenvalue weighted by Crippen LogP contribution is 2.33. The number of imidazole rings is 1. The van der Waals surface area contributed by atoms with Crippen molar-refractivity contribution in [1.82, 2.24) is 20.2 Å². The summed E-state index contributed by atoms with van der Waals surface area (Å²) >= 11 is 1.58. The number of amides is 1. The minimum Gasteiger partial charge on any atom is -0.354 e. The van der Waals surface area contributed by atoms with Crippen molar-refractivity contribution >= 4 is 28.7 Å². The van der Waals surface area contributed by atoms with Gasteiger partial charge in [0.05, 0.1) is 17.1 Å². The van der Waals surface area contributed by atoms with E-state index < -0.39 is 17.7 Å². The summed E-state index contributed by atoms with van der Waals surface area (Å²) in [6.07, 6.45) is 1.09. The molecular weight excluding hydrogens is 485 g/mol. The van der Waals surface area contributed by atoms with Crippen LogP contribution in [-0.2, 0) is 17.8 Å². The predicted octanol–water partition coefficient (Wildman–Crippen LogP) is 5.07. The molecule has 0 bridgehead atoms. The van der Waals surface area contributed by atoms with Crippen LogP contribution in [0.3, 0.4) is 0 Å². The lowest BCUT2D eigenvalue weighted by molar-refractivity contribution is -0.125. The molecule has 4 aromatic rings. The van der Waals surface area contributed by atoms with Gasteiger partial charge in [-0.25, -0.2) is 18.2 Å². The molecule has 2 atom stereocenters. The number of nitrogens with one attached hydrogen (secondary N) is 2. The van der Waals surface area contributed by atoms with Gasteiger partial charge in [0.2, 0.25) is 5.91 Å². The van der Waals surface area contributed by atoms with Crippen LogP contribution in [0.4, 0.5) is 13.2 Å². The molecule has 0 saturated carbocycles. The number of carbonyl (C=O) groups is 1. The topological polar surface area (TPSA) is 61.0 Å². The van der Waals surface area contributed by atoms with E-state index in [4.69, 9.17) is 0 Å². The van der Waals surface area contributed by atoms with Crippen molar-refractivity contribution in [2.45, 2.75) is 35.8 Å². The van der Waals surface area contributed by atoms with Gasteiger partial charge in [-0.1, -0.05) is 42.1 Å². The van der Waals surface area contributed by atoms with Crippen molar-refractivity contribution < 1.29 is 18.0 Å². The van der Waals surface area contributed by atoms with Crippen LogP contribution in [0.5, 0.6) is 0 Å². The number of benzene rings is 3. The molecule has 0 spiro atoms. The van der Waals surface area contributed by atoms with Gasteiger partial charge >= 0.3 is 0 Å². The Hall–Kier alpha value is -3.30. The van der Waals surface area contributed by atoms with Gasteiger partial charge in [-0.15, -0.1) is 0 Å². The molecule has 1 amide bonds. The first kappa shape index (κ1) is 24.4. The van der Waals surface area contributed by atoms with Crippen LogP contribution in [0.2, 0.25) is 0 Å². The van der Waals surface area contributed by atoms with Crippen LogP contribution < -0.4 is 5.32 Å². The maximum atomic E-state index is 13.8. The standard InChI is InChI=1S/C27H25F3N4OS/c28-19-5-3-4-17(12-19)10-11-31-26(35)25-14-20(36-27-32-23-6-1-2-7-24(23)33-27)16-34(25)15-18-8-9-21(29)22(30)13-18/h1-9,12-13,20,25H,10-11,14-16H2,(H,31,35)(H,32,33)/t20-,25-/m0/s1. The number of aromatic nitrogens is 2. The van der Waals surface area contributed by atoms with Gasteiger partial charge in [0.1, 0.15) is 5.82 Å². The smallest absolute Gasteiger partial charge is 0.237 e. The summed E-state index contributed by atoms with van der Waals surface area (Å²) in [7, 11) is 0. The van der Waals surface area contributed by atoms with Gasteiger partial charge < -0.3 is 10.3 Å². The van der Waals surface area contributed by atoms with Gasteiger partial charge in [-0.05, 0) is 60.4 Å². The second-order valence-corrected chi connectivity index (χ2v) is 10.2. The van der Waals surface area contributed by atoms with Gasteiger partial charge in [-0.2, -0.15) is 0 Å². The molecule has 1 aliphatic rings. The van der Waals surface area contributed by atoms with Crippen molar-refractivity contribution in [2.24, 2.45) is 0 Å². The summed E-state index contributed by atoms with van der Waals surface area (Å²) in [6.45, 7) is 1.28. The molecule has 5 rings (SSSR count). The second kappa shape index (κ2) is 10.8. The normalized spacial score (nSPS) is 18.1. The summed E-state index contributed by atoms with van der Waals surface area (Å²) in [5.74, 6) is -2.25. The highest BCUT2D eigenvalue weighted by molar-refractivity contribution is 7.99. The van der Waals surface area contributed by atoms with E-state index in [0.29, 0.717) is 38.0 Å². The van der Waals surface area contributed by atoms with E-state index in [-0.39, 0.29) is 17.0 Å². The Balaban J connectivity index is 1.28. The van der Waals surface area contributed by atoms with Gasteiger partial charge in [-0.3, -0.25) is 9.69 Å². The fourth-order valence-corrected chi connectivity index (χ4v) is 5.73. The summed E-state index contributed by atoms with van der Waals surface area (Å²) in [4.78, 5) is 23.1. The van der Waals surface area contributed by atoms with Crippen molar-refractivity contribution in [2.75, 3.05) is 13.1 Å². The Bertz CT molecular complexity index is 1350. The number of hydrogen-bond donors (Lipinski definition) is 2. The van der Waals surface area contributed by atoms with Gasteiger partial charge in [0.15, 0.2) is 16.8 Å². The van der Waals surface area contributed by atoms with Crippen LogP contribution >= 0.6 is 11.8 Å². The lowest BCUT2D eigenvalue weighted by Gasteiger charge is -2.23. The van der Waals surface area contributed by atoms with E-state index in [9.17, 15) is 18.0 Å². The Labute approximate surface area is 211 Å². The van der Waals surface area contributed by atoms with Crippen molar-refractivity contribution in [3.8, 4) is 0 Å². The van der Waals surface area contributed by atoms with Crippen LogP contribution in [0, 0.1) is 17.5 Å². The molecule has 0 aliphatic carbocycles. The number of halogens is 3. The number of likely N-dealkylation sites (tertiary alicyclic amines) is 1. The monoisotopic (exact) mass is 510 g/mol. The van der Waals surface area contributed by atoms with E-state index >= 15 is 0 Å². The lowest BCUT2D eigenvalue weighted by Crippen LogP contribution is -2.43. The lowest BCUT2D eigenvalue weighted by atomic mass is 10.1. The molecule has 0 unspecified atom stereocenters. The molecule has 1 aliphatic heterocycles. The number of fused-ring (bicyclic) bond motifs is 1. The second-order valence-electron chi connectivity index (χ2n) is 8.90. The van der Waals surface area contributed by atoms with Crippen LogP contribution in [-0.4, -0.2) is 45.2 Å². The fourth-order valence-electron chi connectivity index (χ4n) is 4.55. The zero-order valence-corrected chi connectivity index (χ0v) is 20.2. The molecule has 36 heavy (non-hydrogen) atoms. The minimum atomic E-state index is -0.906. The molecular formula is C27H25F3N4OS. The Kier molecular flexibility index (Phi) is 7.29. The SMILES string of the molecule is O=C(NCCc1cccc(F)c1)[C@@H]1C[C@H](Sc2nc3ccccc3[nH]2)CN1Cc1ccc(F)c(F)c1. The first-order valence-corrected chi connectivity index (χ1v) is 12.6. The fraction of sp³-hybridized carbons (Fsp3) is 0.259. The number of nitrogens with zero attached hydrogens (tertiary/aromatic N) is 2. The quantitative estimate of drug-likeness (QED) is 0.347. The molecule has 1 fully saturated rings. The number of thioether (sulfide) groups is 1. The third kappa shape index (κ3) is 5.74. The summed E-state index contributed by atoms with van der Waals surface area (Å²) in [5.41, 5.74) is 3.23. The largest absolute Gasteiger partial charge is 0.354 e. The molecule has 9 heteroatoms. The van der Waals surface area contributed by atoms with Crippen LogP contribution in [0.25, 0.3) is 11.0 Å². The van der Waals surface area contributed by atoms with Crippen LogP contribution in [0.15, 0.2) is 71.9 Å². The number of aromatic amines is 1. The molecule has 1 aromatic heterocycles. The predicted molar refractivity (Wildman–Crippen MR) is 134 cm³/mol. The van der Waals surface area contributed by atoms with E-state index in [1.165, 1.54) is 24.3 Å². The number of carbonyl (C=O) groups excluding carboxylic acids is 1. The van der Waals surface area contributed by atoms with E-state index in [1.807, 2.05) is 35.2 Å². The van der Waals surface area contributed by atoms with Crippen molar-refractivity contribution in [3.63, 3.8) is 0 Å². The summed E-state index contributed by atoms with van der Waals surface area (Å²) in [5, 5.41) is 3.82. The molecule has 186 valence electrons. The number of H-pyrrole nitrogens is 1. The maximum absolute atomic E-state index is 13.8. The van der Waals surface area contributed by atoms with Gasteiger partial charge in [0, 0.05) is 24.9 Å². The minimum absolute atomic E-state index is 0.0785. The number of hydrogen-bond acceptors (Lipinski definition) is 4. The van der Waals surface area contributed by atoms with Crippen molar-refractivity contribution in [1.29, 1.82) is 0 Å². The molecule has 3 aromatic carbocycles. The number of rotatable bonds is 8. The average molecular weight is 511 g/mol. The molecule has 0 radical (unpaired) electrons. The van der Waals surface area contributed by atoms with E-state index in [2.05, 4.69) is 15.3 Å². The Morgan fingerprint density at radius 2 is 1.89 bits per heavy atom. The van der Waals surface area contributed by atoms with E-state index in [0.717, 1.165) is 27.8 Å². The van der Waals surface area contributed by atoms with Crippen LogP contribution in [0.1, 0.15) is 17.5 Å². The van der Waals surface area contributed by atoms with Gasteiger partial charge in [0.25, 0.3) is 0 Å². The average Bonchev–Trinajstić information content (AvgIpc) is 3.45. The summed E-state index contributed by atoms with van der Waals surface area (Å²) < 4.78 is 40.7. The third-order valence-corrected chi connectivity index (χ3v) is 7.38. The first-order chi connectivity index (χ1) is 17.4. The maximum Gasteiger partial charge on any atom is 0.237 e. The summed E-state index contributed by atoms with van der Waals surface area (Å²) in [6, 6.07) is 17.5. The molecule has 2 N–H and O–H groups in total. The first-order valence-electron chi connectivity index (χ1n) is 11.8. The van der Waals surface area contributed by atoms with Crippen molar-refractivity contribution in [3.05, 3.63) is 95.3 Å². The zero-order chi connectivity index (χ0) is 25.1. The molecule has 1 saturated heterocycles.